The molecule has 0 aliphatic heterocycles. The third-order valence-corrected chi connectivity index (χ3v) is 4.44. The standard InChI is InChI=1S/C17H18N4O2S/c1-2-3-4-5-15-20-21-17(24-15)19-16(22)13-8-6-12(7-9-13)14-10-18-11-23-14/h6-11H,2-5H2,1H3,(H,19,21,22). The number of hydrogen-bond acceptors (Lipinski definition) is 6. The van der Waals surface area contributed by atoms with Crippen molar-refractivity contribution >= 4 is 22.4 Å². The second kappa shape index (κ2) is 7.83. The summed E-state index contributed by atoms with van der Waals surface area (Å²) in [5.74, 6) is 0.471. The number of benzene rings is 1. The molecule has 0 saturated carbocycles. The average Bonchev–Trinajstić information content (AvgIpc) is 3.27. The second-order valence-corrected chi connectivity index (χ2v) is 6.42. The fraction of sp³-hybridized carbons (Fsp3) is 0.294. The summed E-state index contributed by atoms with van der Waals surface area (Å²) >= 11 is 1.43. The van der Waals surface area contributed by atoms with E-state index in [2.05, 4.69) is 27.4 Å². The minimum absolute atomic E-state index is 0.199. The first kappa shape index (κ1) is 16.3. The SMILES string of the molecule is CCCCCc1nnc(NC(=O)c2ccc(-c3cnco3)cc2)s1. The molecule has 2 heterocycles. The summed E-state index contributed by atoms with van der Waals surface area (Å²) in [5, 5.41) is 12.4. The van der Waals surface area contributed by atoms with Crippen LogP contribution in [0.1, 0.15) is 41.6 Å². The quantitative estimate of drug-likeness (QED) is 0.652. The maximum Gasteiger partial charge on any atom is 0.257 e. The summed E-state index contributed by atoms with van der Waals surface area (Å²) < 4.78 is 5.23. The second-order valence-electron chi connectivity index (χ2n) is 5.36. The summed E-state index contributed by atoms with van der Waals surface area (Å²) in [6, 6.07) is 7.14. The number of nitrogens with zero attached hydrogens (tertiary/aromatic N) is 3. The predicted molar refractivity (Wildman–Crippen MR) is 93.0 cm³/mol. The highest BCUT2D eigenvalue weighted by molar-refractivity contribution is 7.15. The van der Waals surface area contributed by atoms with Gasteiger partial charge in [0.05, 0.1) is 6.20 Å². The van der Waals surface area contributed by atoms with Gasteiger partial charge in [0.2, 0.25) is 5.13 Å². The monoisotopic (exact) mass is 342 g/mol. The van der Waals surface area contributed by atoms with Crippen molar-refractivity contribution in [2.75, 3.05) is 5.32 Å². The molecule has 0 aliphatic carbocycles. The van der Waals surface area contributed by atoms with Crippen molar-refractivity contribution in [1.29, 1.82) is 0 Å². The first-order valence-corrected chi connectivity index (χ1v) is 8.70. The lowest BCUT2D eigenvalue weighted by molar-refractivity contribution is 0.102. The van der Waals surface area contributed by atoms with Gasteiger partial charge in [-0.15, -0.1) is 10.2 Å². The van der Waals surface area contributed by atoms with E-state index in [0.717, 1.165) is 23.4 Å². The Morgan fingerprint density at radius 2 is 2.04 bits per heavy atom. The molecule has 0 atom stereocenters. The van der Waals surface area contributed by atoms with Crippen molar-refractivity contribution in [3.63, 3.8) is 0 Å². The third kappa shape index (κ3) is 4.05. The first-order chi connectivity index (χ1) is 11.8. The number of nitrogens with one attached hydrogen (secondary N) is 1. The molecule has 0 unspecified atom stereocenters. The number of hydrogen-bond donors (Lipinski definition) is 1. The molecule has 124 valence electrons. The Morgan fingerprint density at radius 1 is 1.21 bits per heavy atom. The van der Waals surface area contributed by atoms with Gasteiger partial charge in [0, 0.05) is 17.5 Å². The number of aryl methyl sites for hydroxylation is 1. The number of rotatable bonds is 7. The first-order valence-electron chi connectivity index (χ1n) is 7.89. The van der Waals surface area contributed by atoms with E-state index in [1.54, 1.807) is 18.3 Å². The highest BCUT2D eigenvalue weighted by Gasteiger charge is 2.11. The Morgan fingerprint density at radius 3 is 2.75 bits per heavy atom. The summed E-state index contributed by atoms with van der Waals surface area (Å²) in [6.07, 6.45) is 7.38. The third-order valence-electron chi connectivity index (χ3n) is 3.55. The molecule has 3 aromatic rings. The number of amides is 1. The Hall–Kier alpha value is -2.54. The maximum atomic E-state index is 12.3. The van der Waals surface area contributed by atoms with Crippen molar-refractivity contribution in [3.05, 3.63) is 47.4 Å². The Kier molecular flexibility index (Phi) is 5.32. The number of anilines is 1. The van der Waals surface area contributed by atoms with Gasteiger partial charge in [0.15, 0.2) is 12.2 Å². The van der Waals surface area contributed by atoms with E-state index in [1.807, 2.05) is 12.1 Å². The summed E-state index contributed by atoms with van der Waals surface area (Å²) in [5.41, 5.74) is 1.43. The van der Waals surface area contributed by atoms with E-state index in [1.165, 1.54) is 30.6 Å². The van der Waals surface area contributed by atoms with Crippen LogP contribution in [0.15, 0.2) is 41.3 Å². The maximum absolute atomic E-state index is 12.3. The molecule has 0 spiro atoms. The molecule has 0 radical (unpaired) electrons. The average molecular weight is 342 g/mol. The Labute approximate surface area is 144 Å². The van der Waals surface area contributed by atoms with Gasteiger partial charge in [-0.2, -0.15) is 0 Å². The number of unbranched alkanes of at least 4 members (excludes halogenated alkanes) is 2. The molecular weight excluding hydrogens is 324 g/mol. The normalized spacial score (nSPS) is 10.7. The molecule has 7 heteroatoms. The summed E-state index contributed by atoms with van der Waals surface area (Å²) in [6.45, 7) is 2.17. The van der Waals surface area contributed by atoms with Gasteiger partial charge in [0.25, 0.3) is 5.91 Å². The van der Waals surface area contributed by atoms with Crippen LogP contribution in [-0.2, 0) is 6.42 Å². The van der Waals surface area contributed by atoms with Crippen LogP contribution in [0.3, 0.4) is 0 Å². The van der Waals surface area contributed by atoms with Crippen molar-refractivity contribution < 1.29 is 9.21 Å². The molecule has 1 aromatic carbocycles. The molecular formula is C17H18N4O2S. The van der Waals surface area contributed by atoms with Gasteiger partial charge < -0.3 is 4.42 Å². The van der Waals surface area contributed by atoms with E-state index in [4.69, 9.17) is 4.42 Å². The summed E-state index contributed by atoms with van der Waals surface area (Å²) in [4.78, 5) is 16.2. The van der Waals surface area contributed by atoms with Crippen LogP contribution in [0.25, 0.3) is 11.3 Å². The molecule has 2 aromatic heterocycles. The van der Waals surface area contributed by atoms with E-state index < -0.39 is 0 Å². The van der Waals surface area contributed by atoms with Crippen molar-refractivity contribution in [2.24, 2.45) is 0 Å². The van der Waals surface area contributed by atoms with E-state index in [-0.39, 0.29) is 5.91 Å². The van der Waals surface area contributed by atoms with Gasteiger partial charge in [-0.25, -0.2) is 4.98 Å². The lowest BCUT2D eigenvalue weighted by Crippen LogP contribution is -2.11. The largest absolute Gasteiger partial charge is 0.444 e. The minimum atomic E-state index is -0.199. The van der Waals surface area contributed by atoms with Crippen LogP contribution in [-0.4, -0.2) is 21.1 Å². The molecule has 0 aliphatic rings. The Bertz CT molecular complexity index is 781. The number of carbonyl (C=O) groups excluding carboxylic acids is 1. The fourth-order valence-corrected chi connectivity index (χ4v) is 3.02. The van der Waals surface area contributed by atoms with Crippen LogP contribution in [0.2, 0.25) is 0 Å². The lowest BCUT2D eigenvalue weighted by atomic mass is 10.1. The molecule has 0 bridgehead atoms. The van der Waals surface area contributed by atoms with E-state index >= 15 is 0 Å². The van der Waals surface area contributed by atoms with Crippen molar-refractivity contribution in [1.82, 2.24) is 15.2 Å². The van der Waals surface area contributed by atoms with Crippen LogP contribution in [0, 0.1) is 0 Å². The molecule has 6 nitrogen and oxygen atoms in total. The zero-order valence-electron chi connectivity index (χ0n) is 13.4. The highest BCUT2D eigenvalue weighted by Crippen LogP contribution is 2.21. The smallest absolute Gasteiger partial charge is 0.257 e. The van der Waals surface area contributed by atoms with E-state index in [0.29, 0.717) is 16.5 Å². The number of oxazole rings is 1. The lowest BCUT2D eigenvalue weighted by Gasteiger charge is -2.02. The van der Waals surface area contributed by atoms with E-state index in [9.17, 15) is 4.79 Å². The van der Waals surface area contributed by atoms with Gasteiger partial charge in [-0.3, -0.25) is 10.1 Å². The summed E-state index contributed by atoms with van der Waals surface area (Å²) in [7, 11) is 0. The molecule has 3 rings (SSSR count). The minimum Gasteiger partial charge on any atom is -0.444 e. The zero-order chi connectivity index (χ0) is 16.8. The predicted octanol–water partition coefficient (Wildman–Crippen LogP) is 4.18. The fourth-order valence-electron chi connectivity index (χ4n) is 2.24. The van der Waals surface area contributed by atoms with Crippen LogP contribution >= 0.6 is 11.3 Å². The van der Waals surface area contributed by atoms with Crippen molar-refractivity contribution in [3.8, 4) is 11.3 Å². The molecule has 1 N–H and O–H groups in total. The van der Waals surface area contributed by atoms with Crippen LogP contribution in [0.5, 0.6) is 0 Å². The Balaban J connectivity index is 1.60. The van der Waals surface area contributed by atoms with Gasteiger partial charge in [0.1, 0.15) is 5.01 Å². The van der Waals surface area contributed by atoms with Crippen molar-refractivity contribution in [2.45, 2.75) is 32.6 Å². The van der Waals surface area contributed by atoms with Gasteiger partial charge in [-0.05, 0) is 18.6 Å². The van der Waals surface area contributed by atoms with Crippen LogP contribution in [0.4, 0.5) is 5.13 Å². The van der Waals surface area contributed by atoms with Gasteiger partial charge >= 0.3 is 0 Å². The van der Waals surface area contributed by atoms with Gasteiger partial charge in [-0.1, -0.05) is 43.2 Å². The molecule has 24 heavy (non-hydrogen) atoms. The molecule has 1 amide bonds. The topological polar surface area (TPSA) is 80.9 Å². The zero-order valence-corrected chi connectivity index (χ0v) is 14.2. The number of carbonyl (C=O) groups is 1. The molecule has 0 saturated heterocycles. The highest BCUT2D eigenvalue weighted by atomic mass is 32.1. The molecule has 0 fully saturated rings. The van der Waals surface area contributed by atoms with Crippen LogP contribution < -0.4 is 5.32 Å². The number of aromatic nitrogens is 3.